The van der Waals surface area contributed by atoms with E-state index in [-0.39, 0.29) is 45.0 Å². The molecule has 0 aliphatic rings. The third-order valence-electron chi connectivity index (χ3n) is 6.74. The third-order valence-corrected chi connectivity index (χ3v) is 6.74. The lowest BCUT2D eigenvalue weighted by atomic mass is 9.88. The van der Waals surface area contributed by atoms with Gasteiger partial charge in [-0.25, -0.2) is 0 Å². The predicted octanol–water partition coefficient (Wildman–Crippen LogP) is 5.47. The van der Waals surface area contributed by atoms with E-state index >= 15 is 0 Å². The largest absolute Gasteiger partial charge is 0.465 e. The van der Waals surface area contributed by atoms with Gasteiger partial charge in [-0.1, -0.05) is 84.0 Å². The first-order valence-electron chi connectivity index (χ1n) is 14.2. The Bertz CT molecular complexity index is 452. The molecule has 0 rings (SSSR count). The van der Waals surface area contributed by atoms with Crippen LogP contribution in [0, 0.1) is 5.41 Å². The fourth-order valence-corrected chi connectivity index (χ4v) is 3.94. The summed E-state index contributed by atoms with van der Waals surface area (Å²) in [5, 5.41) is 27.4. The maximum absolute atomic E-state index is 12.1. The second-order valence-corrected chi connectivity index (χ2v) is 9.94. The van der Waals surface area contributed by atoms with Crippen LogP contribution in [0.15, 0.2) is 0 Å². The topological polar surface area (TPSA) is 113 Å². The molecule has 0 aromatic carbocycles. The molecule has 0 saturated carbocycles. The zero-order chi connectivity index (χ0) is 26.0. The van der Waals surface area contributed by atoms with Crippen molar-refractivity contribution in [1.29, 1.82) is 0 Å². The SMILES string of the molecule is CCC(CO)(COC(=O)CCCCCCCCCCO)COC(=O)CCCCCCCCCCO. The molecule has 0 radical (unpaired) electrons. The number of hydrogen-bond donors (Lipinski definition) is 3. The average Bonchev–Trinajstić information content (AvgIpc) is 2.87. The van der Waals surface area contributed by atoms with Crippen molar-refractivity contribution in [3.05, 3.63) is 0 Å². The highest BCUT2D eigenvalue weighted by molar-refractivity contribution is 5.69. The first kappa shape index (κ1) is 33.8. The molecular weight excluding hydrogens is 448 g/mol. The lowest BCUT2D eigenvalue weighted by Gasteiger charge is -2.29. The van der Waals surface area contributed by atoms with E-state index in [9.17, 15) is 14.7 Å². The van der Waals surface area contributed by atoms with Crippen molar-refractivity contribution in [3.8, 4) is 0 Å². The van der Waals surface area contributed by atoms with Gasteiger partial charge in [-0.05, 0) is 32.1 Å². The minimum Gasteiger partial charge on any atom is -0.465 e. The van der Waals surface area contributed by atoms with E-state index in [0.29, 0.717) is 19.3 Å². The molecule has 7 heteroatoms. The van der Waals surface area contributed by atoms with E-state index in [0.717, 1.165) is 89.9 Å². The normalized spacial score (nSPS) is 11.5. The van der Waals surface area contributed by atoms with Crippen LogP contribution in [-0.4, -0.2) is 60.3 Å². The van der Waals surface area contributed by atoms with Crippen molar-refractivity contribution in [2.45, 2.75) is 129 Å². The summed E-state index contributed by atoms with van der Waals surface area (Å²) >= 11 is 0. The number of aliphatic hydroxyl groups is 3. The van der Waals surface area contributed by atoms with Crippen LogP contribution in [0.2, 0.25) is 0 Å². The highest BCUT2D eigenvalue weighted by Gasteiger charge is 2.31. The first-order valence-corrected chi connectivity index (χ1v) is 14.2. The number of unbranched alkanes of at least 4 members (excludes halogenated alkanes) is 14. The molecule has 208 valence electrons. The molecule has 0 aromatic rings. The molecule has 0 fully saturated rings. The fraction of sp³-hybridized carbons (Fsp3) is 0.929. The number of rotatable bonds is 26. The Morgan fingerprint density at radius 1 is 0.543 bits per heavy atom. The van der Waals surface area contributed by atoms with Gasteiger partial charge in [0.1, 0.15) is 13.2 Å². The number of aliphatic hydroxyl groups excluding tert-OH is 3. The maximum Gasteiger partial charge on any atom is 0.305 e. The van der Waals surface area contributed by atoms with Gasteiger partial charge in [0.25, 0.3) is 0 Å². The van der Waals surface area contributed by atoms with E-state index < -0.39 is 5.41 Å². The zero-order valence-electron chi connectivity index (χ0n) is 22.4. The van der Waals surface area contributed by atoms with Crippen LogP contribution < -0.4 is 0 Å². The Morgan fingerprint density at radius 3 is 1.14 bits per heavy atom. The van der Waals surface area contributed by atoms with Gasteiger partial charge >= 0.3 is 11.9 Å². The summed E-state index contributed by atoms with van der Waals surface area (Å²) in [5.41, 5.74) is -0.742. The zero-order valence-corrected chi connectivity index (χ0v) is 22.4. The van der Waals surface area contributed by atoms with Crippen molar-refractivity contribution >= 4 is 11.9 Å². The van der Waals surface area contributed by atoms with Gasteiger partial charge < -0.3 is 24.8 Å². The van der Waals surface area contributed by atoms with E-state index in [4.69, 9.17) is 19.7 Å². The standard InChI is InChI=1S/C28H54O7/c1-2-28(23-31,24-34-26(32)19-15-11-7-3-5-9-13-17-21-29)25-35-27(33)20-16-12-8-4-6-10-14-18-22-30/h29-31H,2-25H2,1H3. The van der Waals surface area contributed by atoms with Gasteiger partial charge in [-0.2, -0.15) is 0 Å². The van der Waals surface area contributed by atoms with E-state index in [1.165, 1.54) is 12.8 Å². The summed E-state index contributed by atoms with van der Waals surface area (Å²) in [4.78, 5) is 24.2. The minimum absolute atomic E-state index is 0.0627. The number of carbonyl (C=O) groups excluding carboxylic acids is 2. The van der Waals surface area contributed by atoms with Crippen LogP contribution in [0.3, 0.4) is 0 Å². The molecule has 0 aliphatic heterocycles. The number of carbonyl (C=O) groups is 2. The molecule has 0 unspecified atom stereocenters. The Kier molecular flexibility index (Phi) is 23.7. The lowest BCUT2D eigenvalue weighted by Crippen LogP contribution is -2.37. The molecular formula is C28H54O7. The molecule has 0 aromatic heterocycles. The molecule has 3 N–H and O–H groups in total. The Balaban J connectivity index is 3.92. The van der Waals surface area contributed by atoms with Crippen LogP contribution in [0.5, 0.6) is 0 Å². The molecule has 0 saturated heterocycles. The van der Waals surface area contributed by atoms with Gasteiger partial charge in [-0.15, -0.1) is 0 Å². The smallest absolute Gasteiger partial charge is 0.305 e. The summed E-state index contributed by atoms with van der Waals surface area (Å²) in [6, 6.07) is 0. The van der Waals surface area contributed by atoms with Crippen LogP contribution in [-0.2, 0) is 19.1 Å². The molecule has 0 heterocycles. The predicted molar refractivity (Wildman–Crippen MR) is 139 cm³/mol. The molecule has 35 heavy (non-hydrogen) atoms. The highest BCUT2D eigenvalue weighted by Crippen LogP contribution is 2.23. The van der Waals surface area contributed by atoms with Crippen molar-refractivity contribution < 1.29 is 34.4 Å². The summed E-state index contributed by atoms with van der Waals surface area (Å²) in [6.07, 6.45) is 18.0. The lowest BCUT2D eigenvalue weighted by molar-refractivity contribution is -0.156. The first-order chi connectivity index (χ1) is 17.0. The maximum atomic E-state index is 12.1. The molecule has 0 aliphatic carbocycles. The van der Waals surface area contributed by atoms with E-state index in [2.05, 4.69) is 0 Å². The monoisotopic (exact) mass is 502 g/mol. The number of esters is 2. The van der Waals surface area contributed by atoms with Gasteiger partial charge in [-0.3, -0.25) is 9.59 Å². The van der Waals surface area contributed by atoms with Crippen LogP contribution in [0.4, 0.5) is 0 Å². The third kappa shape index (κ3) is 20.7. The summed E-state index contributed by atoms with van der Waals surface area (Å²) in [7, 11) is 0. The summed E-state index contributed by atoms with van der Waals surface area (Å²) in [5.74, 6) is -0.524. The second kappa shape index (κ2) is 24.5. The van der Waals surface area contributed by atoms with Gasteiger partial charge in [0, 0.05) is 26.1 Å². The molecule has 0 amide bonds. The second-order valence-electron chi connectivity index (χ2n) is 9.94. The quantitative estimate of drug-likeness (QED) is 0.106. The van der Waals surface area contributed by atoms with Crippen molar-refractivity contribution in [1.82, 2.24) is 0 Å². The Labute approximate surface area is 214 Å². The van der Waals surface area contributed by atoms with Crippen LogP contribution in [0.1, 0.15) is 129 Å². The van der Waals surface area contributed by atoms with Gasteiger partial charge in [0.05, 0.1) is 12.0 Å². The number of hydrogen-bond acceptors (Lipinski definition) is 7. The highest BCUT2D eigenvalue weighted by atomic mass is 16.5. The minimum atomic E-state index is -0.742. The average molecular weight is 503 g/mol. The van der Waals surface area contributed by atoms with Crippen LogP contribution in [0.25, 0.3) is 0 Å². The van der Waals surface area contributed by atoms with Gasteiger partial charge in [0.2, 0.25) is 0 Å². The van der Waals surface area contributed by atoms with Gasteiger partial charge in [0.15, 0.2) is 0 Å². The van der Waals surface area contributed by atoms with Crippen molar-refractivity contribution in [2.75, 3.05) is 33.0 Å². The molecule has 0 spiro atoms. The van der Waals surface area contributed by atoms with E-state index in [1.54, 1.807) is 0 Å². The van der Waals surface area contributed by atoms with Crippen LogP contribution >= 0.6 is 0 Å². The Hall–Kier alpha value is -1.18. The van der Waals surface area contributed by atoms with Crippen molar-refractivity contribution in [3.63, 3.8) is 0 Å². The van der Waals surface area contributed by atoms with E-state index in [1.807, 2.05) is 6.92 Å². The van der Waals surface area contributed by atoms with Crippen molar-refractivity contribution in [2.24, 2.45) is 5.41 Å². The Morgan fingerprint density at radius 2 is 0.857 bits per heavy atom. The molecule has 0 atom stereocenters. The number of ether oxygens (including phenoxy) is 2. The molecule has 0 bridgehead atoms. The summed E-state index contributed by atoms with van der Waals surface area (Å²) in [6.45, 7) is 2.37. The fourth-order valence-electron chi connectivity index (χ4n) is 3.94. The molecule has 7 nitrogen and oxygen atoms in total. The summed E-state index contributed by atoms with van der Waals surface area (Å²) < 4.78 is 10.9.